The monoisotopic (exact) mass is 374 g/mol. The van der Waals surface area contributed by atoms with Crippen molar-refractivity contribution in [1.29, 1.82) is 0 Å². The molecule has 1 aromatic heterocycles. The molecule has 0 amide bonds. The fourth-order valence-corrected chi connectivity index (χ4v) is 4.00. The molecule has 25 heavy (non-hydrogen) atoms. The minimum atomic E-state index is -0.383. The number of carbonyl (C=O) groups excluding carboxylic acids is 1. The number of benzene rings is 2. The number of nitro groups is 1. The Kier molecular flexibility index (Phi) is 4.83. The first-order valence-electron chi connectivity index (χ1n) is 7.57. The number of fused-ring (bicyclic) bond motifs is 1. The first kappa shape index (κ1) is 17.5. The molecule has 0 radical (unpaired) electrons. The maximum Gasteiger partial charge on any atom is 0.279 e. The molecule has 0 spiro atoms. The Morgan fingerprint density at radius 1 is 1.24 bits per heavy atom. The van der Waals surface area contributed by atoms with Gasteiger partial charge in [0.25, 0.3) is 5.69 Å². The number of hydrogen-bond acceptors (Lipinski definition) is 4. The number of Topliss-reactive ketones (excluding diaryl/α,β-unsaturated/α-hetero) is 1. The van der Waals surface area contributed by atoms with Gasteiger partial charge < -0.3 is 4.57 Å². The van der Waals surface area contributed by atoms with Gasteiger partial charge in [-0.3, -0.25) is 14.9 Å². The number of non-ortho nitro benzene ring substituents is 1. The number of rotatable bonds is 5. The highest BCUT2D eigenvalue weighted by Crippen LogP contribution is 2.42. The molecule has 0 aliphatic rings. The number of halogens is 1. The summed E-state index contributed by atoms with van der Waals surface area (Å²) in [6.45, 7) is 3.57. The van der Waals surface area contributed by atoms with E-state index < -0.39 is 0 Å². The number of nitro benzene ring substituents is 1. The molecule has 3 rings (SSSR count). The highest BCUT2D eigenvalue weighted by molar-refractivity contribution is 7.99. The molecule has 128 valence electrons. The maximum absolute atomic E-state index is 11.7. The molecule has 7 heteroatoms. The van der Waals surface area contributed by atoms with Crippen molar-refractivity contribution in [3.05, 3.63) is 63.3 Å². The largest absolute Gasteiger partial charge is 0.336 e. The minimum absolute atomic E-state index is 0.00505. The van der Waals surface area contributed by atoms with Gasteiger partial charge in [0, 0.05) is 26.6 Å². The van der Waals surface area contributed by atoms with Crippen molar-refractivity contribution in [2.24, 2.45) is 0 Å². The Morgan fingerprint density at radius 3 is 2.52 bits per heavy atom. The minimum Gasteiger partial charge on any atom is -0.336 e. The molecule has 2 aromatic carbocycles. The van der Waals surface area contributed by atoms with E-state index in [9.17, 15) is 14.9 Å². The predicted octanol–water partition coefficient (Wildman–Crippen LogP) is 5.25. The normalized spacial score (nSPS) is 11.0. The highest BCUT2D eigenvalue weighted by atomic mass is 35.5. The Bertz CT molecular complexity index is 980. The molecule has 1 heterocycles. The second-order valence-corrected chi connectivity index (χ2v) is 7.21. The average molecular weight is 375 g/mol. The van der Waals surface area contributed by atoms with E-state index in [4.69, 9.17) is 11.6 Å². The third kappa shape index (κ3) is 3.41. The summed E-state index contributed by atoms with van der Waals surface area (Å²) in [6.07, 6.45) is 0. The SMILES string of the molecule is CC(=O)Cn1c(C)c(Sc2ccc(Cl)cc2)c2c([N+](=O)[O-])cccc21. The van der Waals surface area contributed by atoms with E-state index in [1.807, 2.05) is 29.7 Å². The molecule has 0 atom stereocenters. The zero-order valence-electron chi connectivity index (χ0n) is 13.7. The lowest BCUT2D eigenvalue weighted by Gasteiger charge is -2.06. The quantitative estimate of drug-likeness (QED) is 0.451. The Morgan fingerprint density at radius 2 is 1.92 bits per heavy atom. The lowest BCUT2D eigenvalue weighted by Crippen LogP contribution is -2.07. The average Bonchev–Trinajstić information content (AvgIpc) is 2.82. The van der Waals surface area contributed by atoms with Crippen molar-refractivity contribution in [1.82, 2.24) is 4.57 Å². The third-order valence-corrected chi connectivity index (χ3v) is 5.35. The van der Waals surface area contributed by atoms with Crippen molar-refractivity contribution in [2.45, 2.75) is 30.2 Å². The predicted molar refractivity (Wildman–Crippen MR) is 99.6 cm³/mol. The van der Waals surface area contributed by atoms with Gasteiger partial charge in [0.05, 0.1) is 22.4 Å². The fraction of sp³-hybridized carbons (Fsp3) is 0.167. The zero-order valence-corrected chi connectivity index (χ0v) is 15.2. The summed E-state index contributed by atoms with van der Waals surface area (Å²) in [4.78, 5) is 24.5. The van der Waals surface area contributed by atoms with Gasteiger partial charge in [-0.25, -0.2) is 0 Å². The maximum atomic E-state index is 11.7. The van der Waals surface area contributed by atoms with Crippen molar-refractivity contribution < 1.29 is 9.72 Å². The first-order chi connectivity index (χ1) is 11.9. The molecule has 0 saturated heterocycles. The van der Waals surface area contributed by atoms with Crippen LogP contribution in [0.5, 0.6) is 0 Å². The second kappa shape index (κ2) is 6.90. The molecule has 0 fully saturated rings. The van der Waals surface area contributed by atoms with Gasteiger partial charge in [0.15, 0.2) is 0 Å². The van der Waals surface area contributed by atoms with E-state index in [0.29, 0.717) is 15.9 Å². The molecular weight excluding hydrogens is 360 g/mol. The van der Waals surface area contributed by atoms with Crippen LogP contribution in [0, 0.1) is 17.0 Å². The Balaban J connectivity index is 2.24. The van der Waals surface area contributed by atoms with Crippen LogP contribution in [0.1, 0.15) is 12.6 Å². The van der Waals surface area contributed by atoms with Crippen LogP contribution in [0.4, 0.5) is 5.69 Å². The van der Waals surface area contributed by atoms with Crippen LogP contribution in [0.25, 0.3) is 10.9 Å². The summed E-state index contributed by atoms with van der Waals surface area (Å²) in [6, 6.07) is 12.2. The summed E-state index contributed by atoms with van der Waals surface area (Å²) in [7, 11) is 0. The molecule has 0 saturated carbocycles. The molecule has 0 aliphatic carbocycles. The van der Waals surface area contributed by atoms with Crippen molar-refractivity contribution >= 4 is 45.7 Å². The second-order valence-electron chi connectivity index (χ2n) is 5.69. The van der Waals surface area contributed by atoms with E-state index in [0.717, 1.165) is 15.5 Å². The lowest BCUT2D eigenvalue weighted by molar-refractivity contribution is -0.383. The van der Waals surface area contributed by atoms with E-state index in [2.05, 4.69) is 0 Å². The van der Waals surface area contributed by atoms with Crippen molar-refractivity contribution in [2.75, 3.05) is 0 Å². The number of carbonyl (C=O) groups is 1. The zero-order chi connectivity index (χ0) is 18.1. The molecule has 3 aromatic rings. The Hall–Kier alpha value is -2.31. The summed E-state index contributed by atoms with van der Waals surface area (Å²) < 4.78 is 1.84. The van der Waals surface area contributed by atoms with Gasteiger partial charge in [-0.1, -0.05) is 29.4 Å². The van der Waals surface area contributed by atoms with Gasteiger partial charge in [0.2, 0.25) is 0 Å². The first-order valence-corrected chi connectivity index (χ1v) is 8.77. The number of nitrogens with zero attached hydrogens (tertiary/aromatic N) is 2. The topological polar surface area (TPSA) is 65.1 Å². The fourth-order valence-electron chi connectivity index (χ4n) is 2.79. The molecule has 5 nitrogen and oxygen atoms in total. The molecule has 0 unspecified atom stereocenters. The molecule has 0 aliphatic heterocycles. The number of hydrogen-bond donors (Lipinski definition) is 0. The van der Waals surface area contributed by atoms with Crippen LogP contribution in [0.3, 0.4) is 0 Å². The van der Waals surface area contributed by atoms with Crippen molar-refractivity contribution in [3.8, 4) is 0 Å². The van der Waals surface area contributed by atoms with Gasteiger partial charge >= 0.3 is 0 Å². The van der Waals surface area contributed by atoms with Crippen LogP contribution in [-0.4, -0.2) is 15.3 Å². The van der Waals surface area contributed by atoms with Crippen LogP contribution in [0.2, 0.25) is 5.02 Å². The van der Waals surface area contributed by atoms with E-state index in [1.54, 1.807) is 18.2 Å². The summed E-state index contributed by atoms with van der Waals surface area (Å²) in [5, 5.41) is 12.7. The molecular formula is C18H15ClN2O3S. The summed E-state index contributed by atoms with van der Waals surface area (Å²) in [5.74, 6) is -0.00505. The lowest BCUT2D eigenvalue weighted by atomic mass is 10.2. The Labute approximate surface area is 153 Å². The van der Waals surface area contributed by atoms with Gasteiger partial charge in [0.1, 0.15) is 5.78 Å². The van der Waals surface area contributed by atoms with Gasteiger partial charge in [-0.2, -0.15) is 0 Å². The standard InChI is InChI=1S/C18H15ClN2O3S/c1-11(22)10-20-12(2)18(25-14-8-6-13(19)7-9-14)17-15(20)4-3-5-16(17)21(23)24/h3-9H,10H2,1-2H3. The molecule has 0 bridgehead atoms. The van der Waals surface area contributed by atoms with E-state index in [-0.39, 0.29) is 22.9 Å². The third-order valence-electron chi connectivity index (χ3n) is 3.88. The van der Waals surface area contributed by atoms with Crippen LogP contribution in [-0.2, 0) is 11.3 Å². The van der Waals surface area contributed by atoms with Gasteiger partial charge in [-0.15, -0.1) is 0 Å². The van der Waals surface area contributed by atoms with Crippen LogP contribution < -0.4 is 0 Å². The van der Waals surface area contributed by atoms with E-state index in [1.165, 1.54) is 24.8 Å². The van der Waals surface area contributed by atoms with Gasteiger partial charge in [-0.05, 0) is 44.2 Å². The summed E-state index contributed by atoms with van der Waals surface area (Å²) >= 11 is 7.37. The smallest absolute Gasteiger partial charge is 0.279 e. The highest BCUT2D eigenvalue weighted by Gasteiger charge is 2.23. The van der Waals surface area contributed by atoms with Crippen LogP contribution >= 0.6 is 23.4 Å². The van der Waals surface area contributed by atoms with Crippen molar-refractivity contribution in [3.63, 3.8) is 0 Å². The number of aromatic nitrogens is 1. The van der Waals surface area contributed by atoms with E-state index >= 15 is 0 Å². The summed E-state index contributed by atoms with van der Waals surface area (Å²) in [5.41, 5.74) is 1.57. The molecule has 0 N–H and O–H groups in total. The number of ketones is 1. The van der Waals surface area contributed by atoms with Crippen LogP contribution in [0.15, 0.2) is 52.3 Å².